The van der Waals surface area contributed by atoms with Crippen LogP contribution in [0.5, 0.6) is 0 Å². The fourth-order valence-electron chi connectivity index (χ4n) is 2.23. The van der Waals surface area contributed by atoms with Gasteiger partial charge in [0.2, 0.25) is 0 Å². The van der Waals surface area contributed by atoms with E-state index in [4.69, 9.17) is 23.2 Å². The summed E-state index contributed by atoms with van der Waals surface area (Å²) in [6, 6.07) is 13.1. The molecule has 0 aliphatic heterocycles. The molecule has 0 atom stereocenters. The third kappa shape index (κ3) is 4.23. The first-order valence-corrected chi connectivity index (χ1v) is 7.69. The molecule has 0 saturated heterocycles. The van der Waals surface area contributed by atoms with Gasteiger partial charge in [0.15, 0.2) is 0 Å². The van der Waals surface area contributed by atoms with E-state index in [1.807, 2.05) is 49.5 Å². The van der Waals surface area contributed by atoms with Gasteiger partial charge in [0, 0.05) is 41.3 Å². The van der Waals surface area contributed by atoms with Crippen LogP contribution in [-0.2, 0) is 13.1 Å². The lowest BCUT2D eigenvalue weighted by atomic mass is 10.1. The fourth-order valence-corrected chi connectivity index (χ4v) is 2.74. The van der Waals surface area contributed by atoms with E-state index in [1.54, 1.807) is 7.05 Å². The second-order valence-corrected chi connectivity index (χ2v) is 5.96. The minimum absolute atomic E-state index is 0.0808. The SMILES string of the molecule is CNC(=O)c1ccc(CN(C)Cc2c(Cl)cccc2Cl)cc1. The van der Waals surface area contributed by atoms with E-state index in [0.717, 1.165) is 17.7 Å². The number of carbonyl (C=O) groups excluding carboxylic acids is 1. The van der Waals surface area contributed by atoms with Gasteiger partial charge in [-0.25, -0.2) is 0 Å². The number of nitrogens with zero attached hydrogens (tertiary/aromatic N) is 1. The number of amides is 1. The third-order valence-corrected chi connectivity index (χ3v) is 4.09. The van der Waals surface area contributed by atoms with E-state index in [9.17, 15) is 4.79 Å². The zero-order valence-corrected chi connectivity index (χ0v) is 14.1. The molecular weight excluding hydrogens is 319 g/mol. The number of carbonyl (C=O) groups is 1. The number of hydrogen-bond acceptors (Lipinski definition) is 2. The number of halogens is 2. The van der Waals surface area contributed by atoms with Crippen molar-refractivity contribution >= 4 is 29.1 Å². The summed E-state index contributed by atoms with van der Waals surface area (Å²) in [4.78, 5) is 13.6. The molecule has 2 aromatic carbocycles. The molecule has 0 bridgehead atoms. The molecule has 0 aliphatic carbocycles. The maximum absolute atomic E-state index is 11.5. The van der Waals surface area contributed by atoms with Crippen LogP contribution in [0.4, 0.5) is 0 Å². The van der Waals surface area contributed by atoms with Gasteiger partial charge in [0.1, 0.15) is 0 Å². The highest BCUT2D eigenvalue weighted by Crippen LogP contribution is 2.25. The smallest absolute Gasteiger partial charge is 0.251 e. The largest absolute Gasteiger partial charge is 0.355 e. The summed E-state index contributed by atoms with van der Waals surface area (Å²) in [7, 11) is 3.63. The average molecular weight is 337 g/mol. The first-order valence-electron chi connectivity index (χ1n) is 6.93. The Kier molecular flexibility index (Phi) is 5.83. The summed E-state index contributed by atoms with van der Waals surface area (Å²) in [5, 5.41) is 3.96. The van der Waals surface area contributed by atoms with Crippen LogP contribution in [-0.4, -0.2) is 24.9 Å². The Hall–Kier alpha value is -1.55. The van der Waals surface area contributed by atoms with Gasteiger partial charge in [-0.05, 0) is 36.9 Å². The van der Waals surface area contributed by atoms with Crippen molar-refractivity contribution in [2.45, 2.75) is 13.1 Å². The second kappa shape index (κ2) is 7.63. The highest BCUT2D eigenvalue weighted by atomic mass is 35.5. The topological polar surface area (TPSA) is 32.3 Å². The average Bonchev–Trinajstić information content (AvgIpc) is 2.51. The Balaban J connectivity index is 2.03. The molecule has 3 nitrogen and oxygen atoms in total. The van der Waals surface area contributed by atoms with E-state index in [2.05, 4.69) is 10.2 Å². The summed E-state index contributed by atoms with van der Waals surface area (Å²) in [6.07, 6.45) is 0. The summed E-state index contributed by atoms with van der Waals surface area (Å²) in [5.41, 5.74) is 2.71. The Labute approximate surface area is 140 Å². The number of hydrogen-bond donors (Lipinski definition) is 1. The maximum atomic E-state index is 11.5. The molecular formula is C17H18Cl2N2O. The van der Waals surface area contributed by atoms with Crippen molar-refractivity contribution in [2.24, 2.45) is 0 Å². The van der Waals surface area contributed by atoms with Crippen molar-refractivity contribution in [1.29, 1.82) is 0 Å². The zero-order chi connectivity index (χ0) is 16.1. The minimum atomic E-state index is -0.0808. The molecule has 1 amide bonds. The Morgan fingerprint density at radius 3 is 2.18 bits per heavy atom. The standard InChI is InChI=1S/C17H18Cl2N2O/c1-20-17(22)13-8-6-12(7-9-13)10-21(2)11-14-15(18)4-3-5-16(14)19/h3-9H,10-11H2,1-2H3,(H,20,22). The summed E-state index contributed by atoms with van der Waals surface area (Å²) >= 11 is 12.4. The summed E-state index contributed by atoms with van der Waals surface area (Å²) in [5.74, 6) is -0.0808. The van der Waals surface area contributed by atoms with Crippen LogP contribution in [0.25, 0.3) is 0 Å². The monoisotopic (exact) mass is 336 g/mol. The van der Waals surface area contributed by atoms with Crippen molar-refractivity contribution in [3.8, 4) is 0 Å². The maximum Gasteiger partial charge on any atom is 0.251 e. The van der Waals surface area contributed by atoms with Gasteiger partial charge in [0.05, 0.1) is 0 Å². The van der Waals surface area contributed by atoms with Gasteiger partial charge in [0.25, 0.3) is 5.91 Å². The molecule has 0 heterocycles. The molecule has 2 aromatic rings. The van der Waals surface area contributed by atoms with Crippen molar-refractivity contribution in [1.82, 2.24) is 10.2 Å². The van der Waals surface area contributed by atoms with Gasteiger partial charge in [-0.2, -0.15) is 0 Å². The molecule has 22 heavy (non-hydrogen) atoms. The van der Waals surface area contributed by atoms with Gasteiger partial charge in [-0.3, -0.25) is 9.69 Å². The lowest BCUT2D eigenvalue weighted by Crippen LogP contribution is -2.19. The van der Waals surface area contributed by atoms with Gasteiger partial charge in [-0.15, -0.1) is 0 Å². The molecule has 2 rings (SSSR count). The molecule has 0 aliphatic rings. The van der Waals surface area contributed by atoms with E-state index >= 15 is 0 Å². The van der Waals surface area contributed by atoms with Gasteiger partial charge in [-0.1, -0.05) is 41.4 Å². The van der Waals surface area contributed by atoms with Crippen molar-refractivity contribution in [3.05, 3.63) is 69.2 Å². The quantitative estimate of drug-likeness (QED) is 0.895. The van der Waals surface area contributed by atoms with Crippen LogP contribution in [0.15, 0.2) is 42.5 Å². The molecule has 0 unspecified atom stereocenters. The van der Waals surface area contributed by atoms with Crippen LogP contribution in [0, 0.1) is 0 Å². The predicted molar refractivity (Wildman–Crippen MR) is 91.5 cm³/mol. The van der Waals surface area contributed by atoms with Crippen LogP contribution in [0.2, 0.25) is 10.0 Å². The minimum Gasteiger partial charge on any atom is -0.355 e. The fraction of sp³-hybridized carbons (Fsp3) is 0.235. The lowest BCUT2D eigenvalue weighted by Gasteiger charge is -2.18. The van der Waals surface area contributed by atoms with Crippen LogP contribution < -0.4 is 5.32 Å². The van der Waals surface area contributed by atoms with Gasteiger partial charge < -0.3 is 5.32 Å². The van der Waals surface area contributed by atoms with Crippen molar-refractivity contribution < 1.29 is 4.79 Å². The van der Waals surface area contributed by atoms with Crippen molar-refractivity contribution in [2.75, 3.05) is 14.1 Å². The first kappa shape index (κ1) is 16.8. The van der Waals surface area contributed by atoms with E-state index in [-0.39, 0.29) is 5.91 Å². The number of nitrogens with one attached hydrogen (secondary N) is 1. The summed E-state index contributed by atoms with van der Waals surface area (Å²) < 4.78 is 0. The molecule has 0 spiro atoms. The molecule has 0 aromatic heterocycles. The zero-order valence-electron chi connectivity index (χ0n) is 12.6. The Morgan fingerprint density at radius 2 is 1.64 bits per heavy atom. The Morgan fingerprint density at radius 1 is 1.05 bits per heavy atom. The van der Waals surface area contributed by atoms with E-state index < -0.39 is 0 Å². The van der Waals surface area contributed by atoms with E-state index in [1.165, 1.54) is 0 Å². The molecule has 5 heteroatoms. The molecule has 0 saturated carbocycles. The number of benzene rings is 2. The molecule has 116 valence electrons. The molecule has 1 N–H and O–H groups in total. The van der Waals surface area contributed by atoms with Crippen LogP contribution >= 0.6 is 23.2 Å². The Bertz CT molecular complexity index is 636. The third-order valence-electron chi connectivity index (χ3n) is 3.39. The van der Waals surface area contributed by atoms with Crippen LogP contribution in [0.1, 0.15) is 21.5 Å². The molecule has 0 radical (unpaired) electrons. The van der Waals surface area contributed by atoms with Crippen LogP contribution in [0.3, 0.4) is 0 Å². The predicted octanol–water partition coefficient (Wildman–Crippen LogP) is 3.99. The second-order valence-electron chi connectivity index (χ2n) is 5.15. The highest BCUT2D eigenvalue weighted by molar-refractivity contribution is 6.35. The van der Waals surface area contributed by atoms with Crippen molar-refractivity contribution in [3.63, 3.8) is 0 Å². The van der Waals surface area contributed by atoms with Gasteiger partial charge >= 0.3 is 0 Å². The summed E-state index contributed by atoms with van der Waals surface area (Å²) in [6.45, 7) is 1.41. The highest BCUT2D eigenvalue weighted by Gasteiger charge is 2.09. The van der Waals surface area contributed by atoms with E-state index in [0.29, 0.717) is 22.2 Å². The lowest BCUT2D eigenvalue weighted by molar-refractivity contribution is 0.0963. The normalized spacial score (nSPS) is 10.8. The first-order chi connectivity index (χ1) is 10.5. The number of rotatable bonds is 5. The molecule has 0 fully saturated rings.